The molecule has 0 bridgehead atoms. The molecule has 4 aromatic rings. The Balaban J connectivity index is 1.41. The van der Waals surface area contributed by atoms with E-state index in [1.165, 1.54) is 0 Å². The van der Waals surface area contributed by atoms with Gasteiger partial charge in [0.25, 0.3) is 5.91 Å². The Morgan fingerprint density at radius 2 is 1.87 bits per heavy atom. The van der Waals surface area contributed by atoms with E-state index in [2.05, 4.69) is 43.5 Å². The normalized spacial score (nSPS) is 11.0. The number of carbonyl (C=O) groups excluding carboxylic acids is 1. The average Bonchev–Trinajstić information content (AvgIpc) is 3.44. The number of hydrogen-bond acceptors (Lipinski definition) is 4. The van der Waals surface area contributed by atoms with Crippen LogP contribution in [0.25, 0.3) is 0 Å². The molecule has 0 unspecified atom stereocenters. The molecule has 8 nitrogen and oxygen atoms in total. The average molecular weight is 468 g/mol. The van der Waals surface area contributed by atoms with E-state index in [4.69, 9.17) is 0 Å². The Morgan fingerprint density at radius 3 is 2.60 bits per heavy atom. The molecule has 30 heavy (non-hydrogen) atoms. The molecule has 1 amide bonds. The first-order chi connectivity index (χ1) is 14.5. The van der Waals surface area contributed by atoms with Crippen LogP contribution in [-0.2, 0) is 19.6 Å². The van der Waals surface area contributed by atoms with Crippen molar-refractivity contribution in [3.05, 3.63) is 82.1 Å². The first-order valence-electron chi connectivity index (χ1n) is 9.64. The summed E-state index contributed by atoms with van der Waals surface area (Å²) in [6.07, 6.45) is 8.98. The number of halogens is 1. The van der Waals surface area contributed by atoms with Crippen molar-refractivity contribution in [3.63, 3.8) is 0 Å². The Hall–Kier alpha value is -3.20. The van der Waals surface area contributed by atoms with Gasteiger partial charge >= 0.3 is 0 Å². The topological polar surface area (TPSA) is 82.6 Å². The van der Waals surface area contributed by atoms with E-state index < -0.39 is 0 Å². The molecule has 4 rings (SSSR count). The minimum Gasteiger partial charge on any atom is -0.319 e. The highest BCUT2D eigenvalue weighted by Gasteiger charge is 2.11. The van der Waals surface area contributed by atoms with Crippen molar-refractivity contribution in [2.45, 2.75) is 33.5 Å². The van der Waals surface area contributed by atoms with E-state index in [1.54, 1.807) is 23.1 Å². The molecule has 0 spiro atoms. The van der Waals surface area contributed by atoms with Crippen LogP contribution in [-0.4, -0.2) is 35.2 Å². The summed E-state index contributed by atoms with van der Waals surface area (Å²) >= 11 is 3.39. The molecule has 0 radical (unpaired) electrons. The number of aromatic nitrogens is 6. The Labute approximate surface area is 182 Å². The minimum atomic E-state index is -0.173. The van der Waals surface area contributed by atoms with Gasteiger partial charge in [-0.05, 0) is 47.5 Å². The van der Waals surface area contributed by atoms with Crippen LogP contribution >= 0.6 is 15.9 Å². The first-order valence-corrected chi connectivity index (χ1v) is 10.4. The Bertz CT molecular complexity index is 1170. The summed E-state index contributed by atoms with van der Waals surface area (Å²) in [6.45, 7) is 6.15. The van der Waals surface area contributed by atoms with Crippen LogP contribution < -0.4 is 5.32 Å². The standard InChI is InChI=1S/C21H22BrN7O/c1-3-29-15(2)18(8-25-29)12-28-14-20(10-24-28)26-21(30)17-6-4-5-16(7-17)11-27-13-19(22)9-23-27/h4-10,13-14H,3,11-12H2,1-2H3,(H,26,30). The SMILES string of the molecule is CCn1ncc(Cn2cc(NC(=O)c3cccc(Cn4cc(Br)cn4)c3)cn2)c1C. The molecule has 0 saturated carbocycles. The Kier molecular flexibility index (Phi) is 5.80. The summed E-state index contributed by atoms with van der Waals surface area (Å²) in [4.78, 5) is 12.7. The third kappa shape index (κ3) is 4.51. The van der Waals surface area contributed by atoms with Crippen LogP contribution in [0.1, 0.15) is 34.1 Å². The zero-order valence-electron chi connectivity index (χ0n) is 16.8. The second-order valence-electron chi connectivity index (χ2n) is 7.01. The summed E-state index contributed by atoms with van der Waals surface area (Å²) in [5, 5.41) is 15.9. The van der Waals surface area contributed by atoms with Crippen molar-refractivity contribution < 1.29 is 4.79 Å². The fourth-order valence-electron chi connectivity index (χ4n) is 3.27. The lowest BCUT2D eigenvalue weighted by Gasteiger charge is -2.06. The van der Waals surface area contributed by atoms with Gasteiger partial charge < -0.3 is 5.32 Å². The number of benzene rings is 1. The van der Waals surface area contributed by atoms with Crippen molar-refractivity contribution in [1.82, 2.24) is 29.3 Å². The van der Waals surface area contributed by atoms with Gasteiger partial charge in [-0.2, -0.15) is 15.3 Å². The van der Waals surface area contributed by atoms with Crippen molar-refractivity contribution in [2.24, 2.45) is 0 Å². The number of nitrogens with one attached hydrogen (secondary N) is 1. The maximum Gasteiger partial charge on any atom is 0.255 e. The van der Waals surface area contributed by atoms with E-state index in [0.717, 1.165) is 27.8 Å². The lowest BCUT2D eigenvalue weighted by Crippen LogP contribution is -2.12. The molecule has 9 heteroatoms. The van der Waals surface area contributed by atoms with Crippen molar-refractivity contribution in [3.8, 4) is 0 Å². The van der Waals surface area contributed by atoms with Gasteiger partial charge in [-0.25, -0.2) is 0 Å². The summed E-state index contributed by atoms with van der Waals surface area (Å²) in [5.41, 5.74) is 4.47. The summed E-state index contributed by atoms with van der Waals surface area (Å²) < 4.78 is 6.49. The minimum absolute atomic E-state index is 0.173. The van der Waals surface area contributed by atoms with E-state index in [-0.39, 0.29) is 5.91 Å². The van der Waals surface area contributed by atoms with Gasteiger partial charge in [0.1, 0.15) is 0 Å². The van der Waals surface area contributed by atoms with E-state index >= 15 is 0 Å². The highest BCUT2D eigenvalue weighted by molar-refractivity contribution is 9.10. The second kappa shape index (κ2) is 8.66. The Morgan fingerprint density at radius 1 is 1.07 bits per heavy atom. The van der Waals surface area contributed by atoms with Crippen LogP contribution in [0.15, 0.2) is 59.7 Å². The monoisotopic (exact) mass is 467 g/mol. The predicted molar refractivity (Wildman–Crippen MR) is 117 cm³/mol. The first kappa shape index (κ1) is 20.1. The zero-order chi connectivity index (χ0) is 21.1. The number of nitrogens with zero attached hydrogens (tertiary/aromatic N) is 6. The van der Waals surface area contributed by atoms with Gasteiger partial charge in [0.2, 0.25) is 0 Å². The number of hydrogen-bond donors (Lipinski definition) is 1. The number of aryl methyl sites for hydroxylation is 1. The fraction of sp³-hybridized carbons (Fsp3) is 0.238. The molecule has 0 aliphatic heterocycles. The van der Waals surface area contributed by atoms with Crippen molar-refractivity contribution in [2.75, 3.05) is 5.32 Å². The third-order valence-corrected chi connectivity index (χ3v) is 5.27. The van der Waals surface area contributed by atoms with E-state index in [0.29, 0.717) is 24.3 Å². The molecule has 3 heterocycles. The summed E-state index contributed by atoms with van der Waals surface area (Å²) in [5.74, 6) is -0.173. The van der Waals surface area contributed by atoms with Crippen LogP contribution in [0, 0.1) is 6.92 Å². The molecular formula is C21H22BrN7O. The molecule has 1 aromatic carbocycles. The van der Waals surface area contributed by atoms with Crippen molar-refractivity contribution >= 4 is 27.5 Å². The lowest BCUT2D eigenvalue weighted by molar-refractivity contribution is 0.102. The molecule has 0 saturated heterocycles. The molecular weight excluding hydrogens is 446 g/mol. The number of amides is 1. The fourth-order valence-corrected chi connectivity index (χ4v) is 3.60. The van der Waals surface area contributed by atoms with Crippen molar-refractivity contribution in [1.29, 1.82) is 0 Å². The van der Waals surface area contributed by atoms with Crippen LogP contribution in [0.4, 0.5) is 5.69 Å². The quantitative estimate of drug-likeness (QED) is 0.448. The predicted octanol–water partition coefficient (Wildman–Crippen LogP) is 3.72. The van der Waals surface area contributed by atoms with Gasteiger partial charge in [0, 0.05) is 35.8 Å². The largest absolute Gasteiger partial charge is 0.319 e. The molecule has 0 atom stereocenters. The zero-order valence-corrected chi connectivity index (χ0v) is 18.4. The molecule has 3 aromatic heterocycles. The number of anilines is 1. The highest BCUT2D eigenvalue weighted by Crippen LogP contribution is 2.14. The second-order valence-corrected chi connectivity index (χ2v) is 7.92. The van der Waals surface area contributed by atoms with Gasteiger partial charge in [-0.3, -0.25) is 18.8 Å². The molecule has 154 valence electrons. The van der Waals surface area contributed by atoms with Gasteiger partial charge in [0.05, 0.1) is 41.8 Å². The van der Waals surface area contributed by atoms with Crippen LogP contribution in [0.2, 0.25) is 0 Å². The van der Waals surface area contributed by atoms with Gasteiger partial charge in [0.15, 0.2) is 0 Å². The molecule has 0 aliphatic rings. The maximum atomic E-state index is 12.7. The van der Waals surface area contributed by atoms with Gasteiger partial charge in [-0.1, -0.05) is 12.1 Å². The summed E-state index contributed by atoms with van der Waals surface area (Å²) in [6, 6.07) is 7.52. The lowest BCUT2D eigenvalue weighted by atomic mass is 10.1. The molecule has 0 aliphatic carbocycles. The van der Waals surface area contributed by atoms with E-state index in [1.807, 2.05) is 53.1 Å². The van der Waals surface area contributed by atoms with Crippen LogP contribution in [0.5, 0.6) is 0 Å². The summed E-state index contributed by atoms with van der Waals surface area (Å²) in [7, 11) is 0. The van der Waals surface area contributed by atoms with Gasteiger partial charge in [-0.15, -0.1) is 0 Å². The molecule has 0 fully saturated rings. The third-order valence-electron chi connectivity index (χ3n) is 4.86. The number of rotatable bonds is 7. The highest BCUT2D eigenvalue weighted by atomic mass is 79.9. The molecule has 1 N–H and O–H groups in total. The maximum absolute atomic E-state index is 12.7. The number of carbonyl (C=O) groups is 1. The van der Waals surface area contributed by atoms with Crippen LogP contribution in [0.3, 0.4) is 0 Å². The van der Waals surface area contributed by atoms with E-state index in [9.17, 15) is 4.79 Å². The smallest absolute Gasteiger partial charge is 0.255 e.